The van der Waals surface area contributed by atoms with E-state index in [0.29, 0.717) is 5.56 Å². The molecule has 0 aliphatic rings. The third kappa shape index (κ3) is 1.99. The average Bonchev–Trinajstić information content (AvgIpc) is 2.16. The Morgan fingerprint density at radius 3 is 2.71 bits per heavy atom. The Morgan fingerprint density at radius 2 is 2.29 bits per heavy atom. The molecule has 0 spiro atoms. The Balaban J connectivity index is 3.24. The van der Waals surface area contributed by atoms with Gasteiger partial charge in [0.1, 0.15) is 0 Å². The van der Waals surface area contributed by atoms with Crippen LogP contribution < -0.4 is 5.73 Å². The first-order chi connectivity index (χ1) is 6.56. The molecular formula is C7H7F2N3O2. The van der Waals surface area contributed by atoms with Crippen molar-refractivity contribution in [3.05, 3.63) is 33.6 Å². The number of hydrogen-bond acceptors (Lipinski definition) is 4. The zero-order valence-electron chi connectivity index (χ0n) is 6.98. The molecule has 0 saturated heterocycles. The molecule has 0 atom stereocenters. The first kappa shape index (κ1) is 10.5. The molecule has 0 bridgehead atoms. The summed E-state index contributed by atoms with van der Waals surface area (Å²) in [4.78, 5) is 12.8. The zero-order valence-corrected chi connectivity index (χ0v) is 6.98. The maximum atomic E-state index is 12.2. The van der Waals surface area contributed by atoms with Crippen LogP contribution in [0.4, 0.5) is 14.5 Å². The second kappa shape index (κ2) is 4.05. The Morgan fingerprint density at radius 1 is 1.64 bits per heavy atom. The third-order valence-corrected chi connectivity index (χ3v) is 1.59. The maximum absolute atomic E-state index is 12.2. The highest BCUT2D eigenvalue weighted by molar-refractivity contribution is 5.38. The van der Waals surface area contributed by atoms with Gasteiger partial charge in [0, 0.05) is 18.8 Å². The van der Waals surface area contributed by atoms with Gasteiger partial charge in [-0.1, -0.05) is 0 Å². The van der Waals surface area contributed by atoms with Crippen LogP contribution in [0.2, 0.25) is 0 Å². The van der Waals surface area contributed by atoms with Gasteiger partial charge < -0.3 is 5.73 Å². The first-order valence-corrected chi connectivity index (χ1v) is 3.67. The molecule has 0 radical (unpaired) electrons. The Kier molecular flexibility index (Phi) is 3.03. The summed E-state index contributed by atoms with van der Waals surface area (Å²) in [6.45, 7) is 0.0252. The monoisotopic (exact) mass is 203 g/mol. The van der Waals surface area contributed by atoms with Crippen LogP contribution in [0.3, 0.4) is 0 Å². The van der Waals surface area contributed by atoms with Crippen molar-refractivity contribution in [1.82, 2.24) is 4.98 Å². The van der Waals surface area contributed by atoms with E-state index in [0.717, 1.165) is 12.3 Å². The molecule has 0 fully saturated rings. The van der Waals surface area contributed by atoms with Gasteiger partial charge in [-0.3, -0.25) is 10.1 Å². The number of nitro groups is 1. The van der Waals surface area contributed by atoms with Crippen LogP contribution >= 0.6 is 0 Å². The smallest absolute Gasteiger partial charge is 0.296 e. The van der Waals surface area contributed by atoms with Crippen molar-refractivity contribution in [2.75, 3.05) is 0 Å². The molecule has 14 heavy (non-hydrogen) atoms. The Bertz CT molecular complexity index is 357. The highest BCUT2D eigenvalue weighted by Gasteiger charge is 2.23. The number of halogens is 2. The highest BCUT2D eigenvalue weighted by atomic mass is 19.3. The molecule has 0 aromatic carbocycles. The number of nitrogens with two attached hydrogens (primary N) is 1. The van der Waals surface area contributed by atoms with Gasteiger partial charge >= 0.3 is 0 Å². The van der Waals surface area contributed by atoms with E-state index >= 15 is 0 Å². The second-order valence-electron chi connectivity index (χ2n) is 2.51. The SMILES string of the molecule is NCc1cnc(C(F)F)c([N+](=O)[O-])c1. The summed E-state index contributed by atoms with van der Waals surface area (Å²) in [5.74, 6) is 0. The minimum Gasteiger partial charge on any atom is -0.326 e. The minimum absolute atomic E-state index is 0.0252. The largest absolute Gasteiger partial charge is 0.326 e. The summed E-state index contributed by atoms with van der Waals surface area (Å²) in [6, 6.07) is 1.01. The van der Waals surface area contributed by atoms with E-state index in [4.69, 9.17) is 5.73 Å². The van der Waals surface area contributed by atoms with E-state index in [1.54, 1.807) is 0 Å². The summed E-state index contributed by atoms with van der Waals surface area (Å²) in [5.41, 5.74) is 4.02. The van der Waals surface area contributed by atoms with Crippen molar-refractivity contribution in [3.8, 4) is 0 Å². The Hall–Kier alpha value is -1.63. The number of nitrogens with zero attached hydrogens (tertiary/aromatic N) is 2. The van der Waals surface area contributed by atoms with Crippen LogP contribution in [0.1, 0.15) is 17.7 Å². The number of rotatable bonds is 3. The molecule has 7 heteroatoms. The molecule has 0 aliphatic carbocycles. The third-order valence-electron chi connectivity index (χ3n) is 1.59. The van der Waals surface area contributed by atoms with Crippen LogP contribution in [-0.4, -0.2) is 9.91 Å². The zero-order chi connectivity index (χ0) is 10.7. The molecule has 1 rings (SSSR count). The van der Waals surface area contributed by atoms with Crippen molar-refractivity contribution in [1.29, 1.82) is 0 Å². The van der Waals surface area contributed by atoms with E-state index in [1.165, 1.54) is 0 Å². The van der Waals surface area contributed by atoms with E-state index in [-0.39, 0.29) is 6.54 Å². The van der Waals surface area contributed by atoms with Gasteiger partial charge in [0.2, 0.25) is 0 Å². The molecular weight excluding hydrogens is 196 g/mol. The maximum Gasteiger partial charge on any atom is 0.296 e. The predicted molar refractivity (Wildman–Crippen MR) is 43.7 cm³/mol. The number of aromatic nitrogens is 1. The molecule has 0 aliphatic heterocycles. The van der Waals surface area contributed by atoms with E-state index < -0.39 is 22.7 Å². The van der Waals surface area contributed by atoms with Crippen LogP contribution in [0.25, 0.3) is 0 Å². The number of pyridine rings is 1. The van der Waals surface area contributed by atoms with Gasteiger partial charge in [-0.25, -0.2) is 13.8 Å². The highest BCUT2D eigenvalue weighted by Crippen LogP contribution is 2.26. The van der Waals surface area contributed by atoms with Gasteiger partial charge in [0.15, 0.2) is 5.69 Å². The van der Waals surface area contributed by atoms with Crippen molar-refractivity contribution in [2.24, 2.45) is 5.73 Å². The molecule has 2 N–H and O–H groups in total. The lowest BCUT2D eigenvalue weighted by atomic mass is 10.2. The molecule has 1 aromatic rings. The van der Waals surface area contributed by atoms with Gasteiger partial charge in [-0.2, -0.15) is 0 Å². The number of hydrogen-bond donors (Lipinski definition) is 1. The normalized spacial score (nSPS) is 10.6. The standard InChI is InChI=1S/C7H7F2N3O2/c8-7(9)6-5(12(13)14)1-4(2-10)3-11-6/h1,3,7H,2,10H2. The minimum atomic E-state index is -2.96. The Labute approximate surface area is 77.7 Å². The molecule has 0 unspecified atom stereocenters. The quantitative estimate of drug-likeness (QED) is 0.594. The fraction of sp³-hybridized carbons (Fsp3) is 0.286. The molecule has 1 heterocycles. The lowest BCUT2D eigenvalue weighted by Gasteiger charge is -2.02. The lowest BCUT2D eigenvalue weighted by Crippen LogP contribution is -2.03. The van der Waals surface area contributed by atoms with Crippen molar-refractivity contribution >= 4 is 5.69 Å². The fourth-order valence-corrected chi connectivity index (χ4v) is 0.931. The van der Waals surface area contributed by atoms with E-state index in [1.807, 2.05) is 0 Å². The van der Waals surface area contributed by atoms with Crippen LogP contribution in [-0.2, 0) is 6.54 Å². The van der Waals surface area contributed by atoms with E-state index in [2.05, 4.69) is 4.98 Å². The van der Waals surface area contributed by atoms with Crippen LogP contribution in [0.5, 0.6) is 0 Å². The van der Waals surface area contributed by atoms with Crippen LogP contribution in [0.15, 0.2) is 12.3 Å². The fourth-order valence-electron chi connectivity index (χ4n) is 0.931. The summed E-state index contributed by atoms with van der Waals surface area (Å²) < 4.78 is 24.5. The molecule has 0 amide bonds. The summed E-state index contributed by atoms with van der Waals surface area (Å²) in [6.07, 6.45) is -1.85. The van der Waals surface area contributed by atoms with E-state index in [9.17, 15) is 18.9 Å². The summed E-state index contributed by atoms with van der Waals surface area (Å²) in [7, 11) is 0. The van der Waals surface area contributed by atoms with Gasteiger partial charge in [-0.05, 0) is 5.56 Å². The topological polar surface area (TPSA) is 82.0 Å². The summed E-state index contributed by atoms with van der Waals surface area (Å²) >= 11 is 0. The molecule has 76 valence electrons. The second-order valence-corrected chi connectivity index (χ2v) is 2.51. The van der Waals surface area contributed by atoms with Gasteiger partial charge in [0.25, 0.3) is 12.1 Å². The summed E-state index contributed by atoms with van der Waals surface area (Å²) in [5, 5.41) is 10.4. The predicted octanol–water partition coefficient (Wildman–Crippen LogP) is 1.39. The van der Waals surface area contributed by atoms with Gasteiger partial charge in [-0.15, -0.1) is 0 Å². The number of alkyl halides is 2. The molecule has 5 nitrogen and oxygen atoms in total. The molecule has 1 aromatic heterocycles. The lowest BCUT2D eigenvalue weighted by molar-refractivity contribution is -0.386. The van der Waals surface area contributed by atoms with Crippen LogP contribution in [0, 0.1) is 10.1 Å². The average molecular weight is 203 g/mol. The van der Waals surface area contributed by atoms with Crippen molar-refractivity contribution in [2.45, 2.75) is 13.0 Å². The van der Waals surface area contributed by atoms with Crippen molar-refractivity contribution < 1.29 is 13.7 Å². The van der Waals surface area contributed by atoms with Crippen molar-refractivity contribution in [3.63, 3.8) is 0 Å². The first-order valence-electron chi connectivity index (χ1n) is 3.67. The molecule has 0 saturated carbocycles. The van der Waals surface area contributed by atoms with Gasteiger partial charge in [0.05, 0.1) is 4.92 Å².